The highest BCUT2D eigenvalue weighted by Crippen LogP contribution is 2.29. The van der Waals surface area contributed by atoms with Crippen molar-refractivity contribution in [2.24, 2.45) is 5.92 Å². The van der Waals surface area contributed by atoms with Crippen molar-refractivity contribution in [2.75, 3.05) is 32.5 Å². The van der Waals surface area contributed by atoms with Crippen LogP contribution in [-0.2, 0) is 4.79 Å². The SMILES string of the molecule is CC(=O)N(C)C[C@H]1Oc2ccc(NC(=O)NC(C)C)cc2C(=O)N(C)C[C@H]1C. The number of nitrogens with zero attached hydrogens (tertiary/aromatic N) is 2. The average Bonchev–Trinajstić information content (AvgIpc) is 2.59. The third-order valence-electron chi connectivity index (χ3n) is 4.70. The number of hydrogen-bond acceptors (Lipinski definition) is 4. The van der Waals surface area contributed by atoms with Gasteiger partial charge in [-0.2, -0.15) is 0 Å². The topological polar surface area (TPSA) is 91.0 Å². The summed E-state index contributed by atoms with van der Waals surface area (Å²) in [5, 5.41) is 5.48. The van der Waals surface area contributed by atoms with E-state index in [4.69, 9.17) is 4.74 Å². The van der Waals surface area contributed by atoms with E-state index < -0.39 is 0 Å². The molecule has 1 aliphatic heterocycles. The van der Waals surface area contributed by atoms with Crippen LogP contribution < -0.4 is 15.4 Å². The van der Waals surface area contributed by atoms with Gasteiger partial charge in [0.2, 0.25) is 5.91 Å². The first-order valence-electron chi connectivity index (χ1n) is 9.43. The number of anilines is 1. The fourth-order valence-electron chi connectivity index (χ4n) is 3.04. The minimum Gasteiger partial charge on any atom is -0.487 e. The van der Waals surface area contributed by atoms with Gasteiger partial charge in [-0.25, -0.2) is 4.79 Å². The zero-order chi connectivity index (χ0) is 21.0. The summed E-state index contributed by atoms with van der Waals surface area (Å²) >= 11 is 0. The van der Waals surface area contributed by atoms with Gasteiger partial charge in [-0.3, -0.25) is 9.59 Å². The highest BCUT2D eigenvalue weighted by Gasteiger charge is 2.30. The zero-order valence-corrected chi connectivity index (χ0v) is 17.4. The van der Waals surface area contributed by atoms with E-state index in [1.807, 2.05) is 20.8 Å². The molecular weight excluding hydrogens is 360 g/mol. The number of carbonyl (C=O) groups is 3. The second kappa shape index (κ2) is 8.95. The lowest BCUT2D eigenvalue weighted by atomic mass is 10.0. The van der Waals surface area contributed by atoms with Gasteiger partial charge in [-0.05, 0) is 32.0 Å². The van der Waals surface area contributed by atoms with Gasteiger partial charge in [0.05, 0.1) is 12.1 Å². The quantitative estimate of drug-likeness (QED) is 0.824. The molecule has 0 saturated heterocycles. The molecule has 0 radical (unpaired) electrons. The third kappa shape index (κ3) is 5.37. The first kappa shape index (κ1) is 21.5. The Hall–Kier alpha value is -2.77. The molecule has 1 aromatic rings. The van der Waals surface area contributed by atoms with Crippen molar-refractivity contribution in [3.8, 4) is 5.75 Å². The highest BCUT2D eigenvalue weighted by molar-refractivity contribution is 5.99. The summed E-state index contributed by atoms with van der Waals surface area (Å²) in [6.45, 7) is 8.17. The van der Waals surface area contributed by atoms with Gasteiger partial charge in [-0.15, -0.1) is 0 Å². The molecule has 1 aliphatic rings. The van der Waals surface area contributed by atoms with Crippen LogP contribution in [0.25, 0.3) is 0 Å². The number of fused-ring (bicyclic) bond motifs is 1. The van der Waals surface area contributed by atoms with Gasteiger partial charge in [0.25, 0.3) is 5.91 Å². The lowest BCUT2D eigenvalue weighted by Gasteiger charge is -2.34. The molecule has 8 nitrogen and oxygen atoms in total. The summed E-state index contributed by atoms with van der Waals surface area (Å²) in [6.07, 6.45) is -0.258. The Balaban J connectivity index is 2.30. The molecule has 0 saturated carbocycles. The summed E-state index contributed by atoms with van der Waals surface area (Å²) in [4.78, 5) is 39.7. The molecule has 1 heterocycles. The molecule has 2 rings (SSSR count). The monoisotopic (exact) mass is 390 g/mol. The van der Waals surface area contributed by atoms with Crippen molar-refractivity contribution in [3.63, 3.8) is 0 Å². The summed E-state index contributed by atoms with van der Waals surface area (Å²) < 4.78 is 6.14. The first-order valence-corrected chi connectivity index (χ1v) is 9.43. The number of amides is 4. The lowest BCUT2D eigenvalue weighted by molar-refractivity contribution is -0.129. The number of urea groups is 1. The summed E-state index contributed by atoms with van der Waals surface area (Å²) in [5.74, 6) is 0.269. The molecule has 0 aromatic heterocycles. The number of ether oxygens (including phenoxy) is 1. The Morgan fingerprint density at radius 2 is 2.04 bits per heavy atom. The molecule has 1 aromatic carbocycles. The van der Waals surface area contributed by atoms with Crippen LogP contribution in [0.1, 0.15) is 38.1 Å². The van der Waals surface area contributed by atoms with E-state index in [9.17, 15) is 14.4 Å². The number of likely N-dealkylation sites (N-methyl/N-ethyl adjacent to an activating group) is 1. The predicted molar refractivity (Wildman–Crippen MR) is 108 cm³/mol. The van der Waals surface area contributed by atoms with E-state index in [0.717, 1.165) is 0 Å². The Labute approximate surface area is 166 Å². The maximum Gasteiger partial charge on any atom is 0.319 e. The minimum absolute atomic E-state index is 0.000879. The molecule has 0 unspecified atom stereocenters. The van der Waals surface area contributed by atoms with Crippen LogP contribution in [0.5, 0.6) is 5.75 Å². The molecule has 0 fully saturated rings. The minimum atomic E-state index is -0.336. The van der Waals surface area contributed by atoms with Crippen LogP contribution in [0, 0.1) is 5.92 Å². The van der Waals surface area contributed by atoms with E-state index in [1.165, 1.54) is 6.92 Å². The largest absolute Gasteiger partial charge is 0.487 e. The van der Waals surface area contributed by atoms with Gasteiger partial charge in [0.15, 0.2) is 0 Å². The molecule has 154 valence electrons. The molecule has 0 spiro atoms. The number of benzene rings is 1. The van der Waals surface area contributed by atoms with E-state index in [1.54, 1.807) is 42.1 Å². The molecule has 4 amide bonds. The van der Waals surface area contributed by atoms with Crippen LogP contribution in [0.2, 0.25) is 0 Å². The van der Waals surface area contributed by atoms with Gasteiger partial charge in [0, 0.05) is 45.2 Å². The number of nitrogens with one attached hydrogen (secondary N) is 2. The Morgan fingerprint density at radius 3 is 2.64 bits per heavy atom. The van der Waals surface area contributed by atoms with Crippen molar-refractivity contribution >= 4 is 23.5 Å². The maximum absolute atomic E-state index is 12.8. The van der Waals surface area contributed by atoms with Gasteiger partial charge >= 0.3 is 6.03 Å². The van der Waals surface area contributed by atoms with E-state index in [0.29, 0.717) is 30.1 Å². The van der Waals surface area contributed by atoms with E-state index in [-0.39, 0.29) is 35.9 Å². The second-order valence-corrected chi connectivity index (χ2v) is 7.68. The first-order chi connectivity index (χ1) is 13.1. The highest BCUT2D eigenvalue weighted by atomic mass is 16.5. The summed E-state index contributed by atoms with van der Waals surface area (Å²) in [7, 11) is 3.47. The van der Waals surface area contributed by atoms with Crippen LogP contribution in [0.4, 0.5) is 10.5 Å². The Morgan fingerprint density at radius 1 is 1.36 bits per heavy atom. The summed E-state index contributed by atoms with van der Waals surface area (Å²) in [6, 6.07) is 4.67. The Kier molecular flexibility index (Phi) is 6.88. The third-order valence-corrected chi connectivity index (χ3v) is 4.70. The molecule has 8 heteroatoms. The normalized spacial score (nSPS) is 19.2. The molecule has 28 heavy (non-hydrogen) atoms. The predicted octanol–water partition coefficient (Wildman–Crippen LogP) is 2.16. The molecule has 0 aliphatic carbocycles. The second-order valence-electron chi connectivity index (χ2n) is 7.68. The average molecular weight is 390 g/mol. The van der Waals surface area contributed by atoms with Crippen molar-refractivity contribution in [1.29, 1.82) is 0 Å². The van der Waals surface area contributed by atoms with Gasteiger partial charge in [-0.1, -0.05) is 6.92 Å². The molecule has 2 atom stereocenters. The van der Waals surface area contributed by atoms with Crippen molar-refractivity contribution in [1.82, 2.24) is 15.1 Å². The number of hydrogen-bond donors (Lipinski definition) is 2. The van der Waals surface area contributed by atoms with Crippen molar-refractivity contribution < 1.29 is 19.1 Å². The van der Waals surface area contributed by atoms with E-state index in [2.05, 4.69) is 10.6 Å². The fraction of sp³-hybridized carbons (Fsp3) is 0.550. The maximum atomic E-state index is 12.8. The van der Waals surface area contributed by atoms with Gasteiger partial charge < -0.3 is 25.2 Å². The van der Waals surface area contributed by atoms with Crippen molar-refractivity contribution in [2.45, 2.75) is 39.8 Å². The summed E-state index contributed by atoms with van der Waals surface area (Å²) in [5.41, 5.74) is 0.889. The smallest absolute Gasteiger partial charge is 0.319 e. The molecule has 0 bridgehead atoms. The van der Waals surface area contributed by atoms with Crippen LogP contribution in [0.15, 0.2) is 18.2 Å². The number of rotatable bonds is 4. The van der Waals surface area contributed by atoms with Crippen molar-refractivity contribution in [3.05, 3.63) is 23.8 Å². The number of carbonyl (C=O) groups excluding carboxylic acids is 3. The molecule has 2 N–H and O–H groups in total. The Bertz CT molecular complexity index is 750. The van der Waals surface area contributed by atoms with Crippen LogP contribution >= 0.6 is 0 Å². The lowest BCUT2D eigenvalue weighted by Crippen LogP contribution is -2.45. The van der Waals surface area contributed by atoms with Crippen LogP contribution in [0.3, 0.4) is 0 Å². The zero-order valence-electron chi connectivity index (χ0n) is 17.4. The fourth-order valence-corrected chi connectivity index (χ4v) is 3.04. The van der Waals surface area contributed by atoms with E-state index >= 15 is 0 Å². The standard InChI is InChI=1S/C20H30N4O4/c1-12(2)21-20(27)22-15-7-8-17-16(9-15)19(26)24(6)10-13(3)18(28-17)11-23(5)14(4)25/h7-9,12-13,18H,10-11H2,1-6H3,(H2,21,22,27)/t13-,18-/m1/s1. The van der Waals surface area contributed by atoms with Crippen LogP contribution in [-0.4, -0.2) is 67.0 Å². The van der Waals surface area contributed by atoms with Gasteiger partial charge in [0.1, 0.15) is 11.9 Å². The molecular formula is C20H30N4O4.